The van der Waals surface area contributed by atoms with Crippen LogP contribution in [0.25, 0.3) is 0 Å². The second-order valence-electron chi connectivity index (χ2n) is 4.43. The van der Waals surface area contributed by atoms with Crippen molar-refractivity contribution in [3.8, 4) is 17.2 Å². The van der Waals surface area contributed by atoms with Gasteiger partial charge in [-0.3, -0.25) is 4.79 Å². The second-order valence-corrected chi connectivity index (χ2v) is 4.43. The Labute approximate surface area is 111 Å². The van der Waals surface area contributed by atoms with Crippen molar-refractivity contribution in [1.82, 2.24) is 10.2 Å². The van der Waals surface area contributed by atoms with E-state index in [-0.39, 0.29) is 19.3 Å². The summed E-state index contributed by atoms with van der Waals surface area (Å²) in [5, 5.41) is 3.21. The van der Waals surface area contributed by atoms with Crippen LogP contribution in [0.1, 0.15) is 0 Å². The quantitative estimate of drug-likeness (QED) is 0.846. The van der Waals surface area contributed by atoms with Gasteiger partial charge in [-0.05, 0) is 12.1 Å². The van der Waals surface area contributed by atoms with Gasteiger partial charge in [-0.1, -0.05) is 0 Å². The maximum atomic E-state index is 11.9. The van der Waals surface area contributed by atoms with Gasteiger partial charge >= 0.3 is 0 Å². The molecule has 1 aromatic rings. The molecule has 0 spiro atoms. The van der Waals surface area contributed by atoms with Crippen molar-refractivity contribution in [1.29, 1.82) is 0 Å². The Balaban J connectivity index is 1.55. The van der Waals surface area contributed by atoms with E-state index in [4.69, 9.17) is 14.2 Å². The van der Waals surface area contributed by atoms with Gasteiger partial charge in [0.05, 0.1) is 0 Å². The first-order valence-electron chi connectivity index (χ1n) is 6.34. The van der Waals surface area contributed by atoms with Gasteiger partial charge in [-0.2, -0.15) is 0 Å². The lowest BCUT2D eigenvalue weighted by Crippen LogP contribution is -2.47. The molecule has 2 aliphatic rings. The van der Waals surface area contributed by atoms with Crippen LogP contribution in [0.2, 0.25) is 0 Å². The maximum Gasteiger partial charge on any atom is 0.260 e. The molecule has 0 aliphatic carbocycles. The van der Waals surface area contributed by atoms with E-state index in [1.54, 1.807) is 18.2 Å². The zero-order valence-corrected chi connectivity index (χ0v) is 10.6. The van der Waals surface area contributed by atoms with E-state index in [1.807, 2.05) is 4.90 Å². The SMILES string of the molecule is O=C(COc1ccc2c(c1)OCO2)N1CCNCC1. The number of nitrogens with one attached hydrogen (secondary N) is 1. The summed E-state index contributed by atoms with van der Waals surface area (Å²) in [5.74, 6) is 2.00. The molecule has 1 saturated heterocycles. The Bertz CT molecular complexity index is 472. The number of carbonyl (C=O) groups is 1. The molecular weight excluding hydrogens is 248 g/mol. The van der Waals surface area contributed by atoms with E-state index >= 15 is 0 Å². The number of benzene rings is 1. The van der Waals surface area contributed by atoms with Gasteiger partial charge < -0.3 is 24.4 Å². The Kier molecular flexibility index (Phi) is 3.41. The molecule has 6 heteroatoms. The molecule has 102 valence electrons. The zero-order valence-electron chi connectivity index (χ0n) is 10.6. The normalized spacial score (nSPS) is 17.4. The highest BCUT2D eigenvalue weighted by Gasteiger charge is 2.18. The van der Waals surface area contributed by atoms with Crippen molar-refractivity contribution in [2.45, 2.75) is 0 Å². The first kappa shape index (κ1) is 12.1. The molecular formula is C13H16N2O4. The third kappa shape index (κ3) is 2.73. The number of carbonyl (C=O) groups excluding carboxylic acids is 1. The summed E-state index contributed by atoms with van der Waals surface area (Å²) < 4.78 is 16.0. The minimum absolute atomic E-state index is 0.0131. The van der Waals surface area contributed by atoms with Gasteiger partial charge in [0.2, 0.25) is 6.79 Å². The molecule has 2 heterocycles. The molecule has 1 fully saturated rings. The number of ether oxygens (including phenoxy) is 3. The van der Waals surface area contributed by atoms with Crippen molar-refractivity contribution in [3.05, 3.63) is 18.2 Å². The standard InChI is InChI=1S/C13H16N2O4/c16-13(15-5-3-14-4-6-15)8-17-10-1-2-11-12(7-10)19-9-18-11/h1-2,7,14H,3-6,8-9H2. The van der Waals surface area contributed by atoms with E-state index in [1.165, 1.54) is 0 Å². The average molecular weight is 264 g/mol. The van der Waals surface area contributed by atoms with E-state index in [0.29, 0.717) is 17.2 Å². The highest BCUT2D eigenvalue weighted by Crippen LogP contribution is 2.35. The van der Waals surface area contributed by atoms with Gasteiger partial charge in [-0.15, -0.1) is 0 Å². The van der Waals surface area contributed by atoms with Crippen molar-refractivity contribution in [2.24, 2.45) is 0 Å². The third-order valence-corrected chi connectivity index (χ3v) is 3.18. The second kappa shape index (κ2) is 5.36. The van der Waals surface area contributed by atoms with Gasteiger partial charge in [0, 0.05) is 32.2 Å². The monoisotopic (exact) mass is 264 g/mol. The van der Waals surface area contributed by atoms with Crippen molar-refractivity contribution >= 4 is 5.91 Å². The third-order valence-electron chi connectivity index (χ3n) is 3.18. The van der Waals surface area contributed by atoms with Crippen LogP contribution in [0.15, 0.2) is 18.2 Å². The molecule has 6 nitrogen and oxygen atoms in total. The minimum atomic E-state index is 0.0131. The molecule has 0 saturated carbocycles. The molecule has 19 heavy (non-hydrogen) atoms. The molecule has 0 bridgehead atoms. The number of piperazine rings is 1. The molecule has 2 aliphatic heterocycles. The van der Waals surface area contributed by atoms with Gasteiger partial charge in [0.1, 0.15) is 5.75 Å². The van der Waals surface area contributed by atoms with Crippen LogP contribution in [-0.4, -0.2) is 50.4 Å². The topological polar surface area (TPSA) is 60.0 Å². The molecule has 0 aromatic heterocycles. The maximum absolute atomic E-state index is 11.9. The Morgan fingerprint density at radius 3 is 2.89 bits per heavy atom. The predicted molar refractivity (Wildman–Crippen MR) is 67.5 cm³/mol. The van der Waals surface area contributed by atoms with Crippen LogP contribution in [-0.2, 0) is 4.79 Å². The molecule has 1 amide bonds. The van der Waals surface area contributed by atoms with Crippen LogP contribution in [0.5, 0.6) is 17.2 Å². The highest BCUT2D eigenvalue weighted by molar-refractivity contribution is 5.77. The number of hydrogen-bond donors (Lipinski definition) is 1. The van der Waals surface area contributed by atoms with Crippen molar-refractivity contribution in [2.75, 3.05) is 39.6 Å². The summed E-state index contributed by atoms with van der Waals surface area (Å²) in [6.45, 7) is 3.45. The number of amides is 1. The number of nitrogens with zero attached hydrogens (tertiary/aromatic N) is 1. The fraction of sp³-hybridized carbons (Fsp3) is 0.462. The van der Waals surface area contributed by atoms with E-state index in [0.717, 1.165) is 26.2 Å². The Morgan fingerprint density at radius 1 is 1.26 bits per heavy atom. The zero-order chi connectivity index (χ0) is 13.1. The first-order valence-corrected chi connectivity index (χ1v) is 6.34. The summed E-state index contributed by atoms with van der Waals surface area (Å²) >= 11 is 0. The molecule has 0 atom stereocenters. The molecule has 3 rings (SSSR count). The van der Waals surface area contributed by atoms with E-state index in [9.17, 15) is 4.79 Å². The first-order chi connectivity index (χ1) is 9.33. The average Bonchev–Trinajstić information content (AvgIpc) is 2.93. The lowest BCUT2D eigenvalue weighted by atomic mass is 10.3. The fourth-order valence-corrected chi connectivity index (χ4v) is 2.12. The van der Waals surface area contributed by atoms with Crippen LogP contribution < -0.4 is 19.5 Å². The number of rotatable bonds is 3. The van der Waals surface area contributed by atoms with Gasteiger partial charge in [-0.25, -0.2) is 0 Å². The van der Waals surface area contributed by atoms with Crippen LogP contribution in [0.3, 0.4) is 0 Å². The Morgan fingerprint density at radius 2 is 2.05 bits per heavy atom. The van der Waals surface area contributed by atoms with E-state index in [2.05, 4.69) is 5.32 Å². The lowest BCUT2D eigenvalue weighted by molar-refractivity contribution is -0.133. The highest BCUT2D eigenvalue weighted by atomic mass is 16.7. The van der Waals surface area contributed by atoms with Gasteiger partial charge in [0.25, 0.3) is 5.91 Å². The summed E-state index contributed by atoms with van der Waals surface area (Å²) in [6.07, 6.45) is 0. The smallest absolute Gasteiger partial charge is 0.260 e. The van der Waals surface area contributed by atoms with Crippen LogP contribution in [0.4, 0.5) is 0 Å². The summed E-state index contributed by atoms with van der Waals surface area (Å²) in [5.41, 5.74) is 0. The van der Waals surface area contributed by atoms with Gasteiger partial charge in [0.15, 0.2) is 18.1 Å². The van der Waals surface area contributed by atoms with Crippen molar-refractivity contribution in [3.63, 3.8) is 0 Å². The minimum Gasteiger partial charge on any atom is -0.484 e. The van der Waals surface area contributed by atoms with Crippen molar-refractivity contribution < 1.29 is 19.0 Å². The molecule has 1 N–H and O–H groups in total. The number of hydrogen-bond acceptors (Lipinski definition) is 5. The van der Waals surface area contributed by atoms with Crippen LogP contribution >= 0.6 is 0 Å². The largest absolute Gasteiger partial charge is 0.484 e. The summed E-state index contributed by atoms with van der Waals surface area (Å²) in [4.78, 5) is 13.7. The molecule has 0 unspecified atom stereocenters. The molecule has 1 aromatic carbocycles. The predicted octanol–water partition coefficient (Wildman–Crippen LogP) is 0.226. The summed E-state index contributed by atoms with van der Waals surface area (Å²) in [7, 11) is 0. The number of fused-ring (bicyclic) bond motifs is 1. The van der Waals surface area contributed by atoms with Crippen LogP contribution in [0, 0.1) is 0 Å². The lowest BCUT2D eigenvalue weighted by Gasteiger charge is -2.27. The Hall–Kier alpha value is -1.95. The fourth-order valence-electron chi connectivity index (χ4n) is 2.12. The summed E-state index contributed by atoms with van der Waals surface area (Å²) in [6, 6.07) is 5.30. The van der Waals surface area contributed by atoms with E-state index < -0.39 is 0 Å². The molecule has 0 radical (unpaired) electrons.